The van der Waals surface area contributed by atoms with Gasteiger partial charge in [0.2, 0.25) is 10.0 Å². The minimum absolute atomic E-state index is 0.0998. The Kier molecular flexibility index (Phi) is 6.42. The maximum atomic E-state index is 13.2. The number of carbonyl (C=O) groups excluding carboxylic acids is 1. The van der Waals surface area contributed by atoms with Gasteiger partial charge in [0, 0.05) is 31.7 Å². The molecule has 27 heavy (non-hydrogen) atoms. The Hall–Kier alpha value is -1.60. The number of carbonyl (C=O) groups is 1. The summed E-state index contributed by atoms with van der Waals surface area (Å²) < 4.78 is 33.3. The van der Waals surface area contributed by atoms with Gasteiger partial charge in [-0.2, -0.15) is 4.31 Å². The summed E-state index contributed by atoms with van der Waals surface area (Å²) in [6.07, 6.45) is 5.95. The first-order valence-corrected chi connectivity index (χ1v) is 11.3. The number of amides is 1. The van der Waals surface area contributed by atoms with Gasteiger partial charge in [0.05, 0.1) is 7.11 Å². The highest BCUT2D eigenvalue weighted by atomic mass is 32.2. The molecule has 7 heteroatoms. The number of hydrogen-bond acceptors (Lipinski definition) is 4. The molecule has 1 amide bonds. The molecule has 3 rings (SSSR count). The fraction of sp³-hybridized carbons (Fsp3) is 0.650. The molecule has 0 aliphatic carbocycles. The highest BCUT2D eigenvalue weighted by Gasteiger charge is 2.30. The van der Waals surface area contributed by atoms with Crippen molar-refractivity contribution < 1.29 is 17.9 Å². The van der Waals surface area contributed by atoms with Crippen LogP contribution in [0.3, 0.4) is 0 Å². The largest absolute Gasteiger partial charge is 0.495 e. The number of benzene rings is 1. The van der Waals surface area contributed by atoms with Crippen molar-refractivity contribution in [2.24, 2.45) is 5.92 Å². The number of rotatable bonds is 4. The van der Waals surface area contributed by atoms with E-state index in [1.807, 2.05) is 4.90 Å². The van der Waals surface area contributed by atoms with Gasteiger partial charge in [0.25, 0.3) is 5.91 Å². The SMILES string of the molecule is COc1ccc(C(=O)N2CCCC(C)C2)cc1S(=O)(=O)N1CCCCCC1. The van der Waals surface area contributed by atoms with E-state index in [2.05, 4.69) is 6.92 Å². The second-order valence-electron chi connectivity index (χ2n) is 7.68. The molecular formula is C20H30N2O4S. The summed E-state index contributed by atoms with van der Waals surface area (Å²) in [5, 5.41) is 0. The van der Waals surface area contributed by atoms with E-state index >= 15 is 0 Å². The average Bonchev–Trinajstić information content (AvgIpc) is 2.97. The van der Waals surface area contributed by atoms with Crippen molar-refractivity contribution in [2.75, 3.05) is 33.3 Å². The van der Waals surface area contributed by atoms with E-state index in [0.29, 0.717) is 30.3 Å². The van der Waals surface area contributed by atoms with Crippen LogP contribution in [0.25, 0.3) is 0 Å². The molecule has 1 atom stereocenters. The number of nitrogens with zero attached hydrogens (tertiary/aromatic N) is 2. The molecule has 0 aromatic heterocycles. The van der Waals surface area contributed by atoms with Crippen LogP contribution in [0.5, 0.6) is 5.75 Å². The molecule has 2 fully saturated rings. The lowest BCUT2D eigenvalue weighted by atomic mass is 9.99. The molecule has 0 bridgehead atoms. The molecule has 2 aliphatic rings. The van der Waals surface area contributed by atoms with Gasteiger partial charge < -0.3 is 9.64 Å². The number of sulfonamides is 1. The zero-order chi connectivity index (χ0) is 19.4. The van der Waals surface area contributed by atoms with Crippen LogP contribution in [0.2, 0.25) is 0 Å². The van der Waals surface area contributed by atoms with Gasteiger partial charge in [-0.15, -0.1) is 0 Å². The summed E-state index contributed by atoms with van der Waals surface area (Å²) in [6, 6.07) is 4.77. The number of methoxy groups -OCH3 is 1. The van der Waals surface area contributed by atoms with Gasteiger partial charge in [-0.25, -0.2) is 8.42 Å². The minimum atomic E-state index is -3.69. The highest BCUT2D eigenvalue weighted by Crippen LogP contribution is 2.30. The standard InChI is InChI=1S/C20H30N2O4S/c1-16-8-7-11-21(15-16)20(23)17-9-10-18(26-2)19(14-17)27(24,25)22-12-5-3-4-6-13-22/h9-10,14,16H,3-8,11-13,15H2,1-2H3. The van der Waals surface area contributed by atoms with Gasteiger partial charge in [-0.05, 0) is 49.8 Å². The lowest BCUT2D eigenvalue weighted by Crippen LogP contribution is -2.39. The molecule has 6 nitrogen and oxygen atoms in total. The van der Waals surface area contributed by atoms with Crippen LogP contribution < -0.4 is 4.74 Å². The Bertz CT molecular complexity index is 770. The van der Waals surface area contributed by atoms with Crippen molar-refractivity contribution in [1.29, 1.82) is 0 Å². The van der Waals surface area contributed by atoms with Crippen LogP contribution in [0.15, 0.2) is 23.1 Å². The van der Waals surface area contributed by atoms with E-state index in [-0.39, 0.29) is 10.8 Å². The molecule has 0 N–H and O–H groups in total. The monoisotopic (exact) mass is 394 g/mol. The lowest BCUT2D eigenvalue weighted by Gasteiger charge is -2.31. The molecule has 0 radical (unpaired) electrons. The summed E-state index contributed by atoms with van der Waals surface area (Å²) in [5.41, 5.74) is 0.415. The topological polar surface area (TPSA) is 66.9 Å². The van der Waals surface area contributed by atoms with Gasteiger partial charge in [0.1, 0.15) is 10.6 Å². The second kappa shape index (κ2) is 8.61. The quantitative estimate of drug-likeness (QED) is 0.787. The van der Waals surface area contributed by atoms with Gasteiger partial charge in [-0.1, -0.05) is 19.8 Å². The van der Waals surface area contributed by atoms with Crippen LogP contribution in [0.4, 0.5) is 0 Å². The summed E-state index contributed by atoms with van der Waals surface area (Å²) >= 11 is 0. The van der Waals surface area contributed by atoms with Crippen molar-refractivity contribution in [1.82, 2.24) is 9.21 Å². The maximum absolute atomic E-state index is 13.2. The molecule has 150 valence electrons. The van der Waals surface area contributed by atoms with E-state index in [9.17, 15) is 13.2 Å². The summed E-state index contributed by atoms with van der Waals surface area (Å²) in [5.74, 6) is 0.667. The molecule has 1 aromatic rings. The van der Waals surface area contributed by atoms with E-state index in [4.69, 9.17) is 4.74 Å². The summed E-state index contributed by atoms with van der Waals surface area (Å²) in [6.45, 7) is 4.63. The fourth-order valence-corrected chi connectivity index (χ4v) is 5.69. The zero-order valence-electron chi connectivity index (χ0n) is 16.3. The predicted octanol–water partition coefficient (Wildman–Crippen LogP) is 3.13. The van der Waals surface area contributed by atoms with Crippen LogP contribution in [0, 0.1) is 5.92 Å². The van der Waals surface area contributed by atoms with E-state index in [1.54, 1.807) is 12.1 Å². The van der Waals surface area contributed by atoms with E-state index in [0.717, 1.165) is 51.6 Å². The first kappa shape index (κ1) is 20.1. The molecule has 2 saturated heterocycles. The highest BCUT2D eigenvalue weighted by molar-refractivity contribution is 7.89. The van der Waals surface area contributed by atoms with E-state index < -0.39 is 10.0 Å². The fourth-order valence-electron chi connectivity index (χ4n) is 3.99. The molecule has 2 aliphatic heterocycles. The molecular weight excluding hydrogens is 364 g/mol. The first-order valence-electron chi connectivity index (χ1n) is 9.91. The van der Waals surface area contributed by atoms with Crippen molar-refractivity contribution >= 4 is 15.9 Å². The van der Waals surface area contributed by atoms with Crippen molar-refractivity contribution in [3.8, 4) is 5.75 Å². The second-order valence-corrected chi connectivity index (χ2v) is 9.59. The molecule has 2 heterocycles. The molecule has 0 saturated carbocycles. The maximum Gasteiger partial charge on any atom is 0.253 e. The third kappa shape index (κ3) is 4.46. The average molecular weight is 395 g/mol. The Morgan fingerprint density at radius 1 is 1.07 bits per heavy atom. The van der Waals surface area contributed by atoms with Gasteiger partial charge >= 0.3 is 0 Å². The zero-order valence-corrected chi connectivity index (χ0v) is 17.1. The smallest absolute Gasteiger partial charge is 0.253 e. The Morgan fingerprint density at radius 2 is 1.78 bits per heavy atom. The van der Waals surface area contributed by atoms with Crippen molar-refractivity contribution in [3.05, 3.63) is 23.8 Å². The van der Waals surface area contributed by atoms with Gasteiger partial charge in [-0.3, -0.25) is 4.79 Å². The van der Waals surface area contributed by atoms with Gasteiger partial charge in [0.15, 0.2) is 0 Å². The summed E-state index contributed by atoms with van der Waals surface area (Å²) in [4.78, 5) is 14.9. The number of ether oxygens (including phenoxy) is 1. The molecule has 1 unspecified atom stereocenters. The number of hydrogen-bond donors (Lipinski definition) is 0. The lowest BCUT2D eigenvalue weighted by molar-refractivity contribution is 0.0682. The Morgan fingerprint density at radius 3 is 2.41 bits per heavy atom. The Balaban J connectivity index is 1.92. The van der Waals surface area contributed by atoms with Crippen molar-refractivity contribution in [3.63, 3.8) is 0 Å². The third-order valence-corrected chi connectivity index (χ3v) is 7.46. The Labute approximate surface area is 162 Å². The third-order valence-electron chi connectivity index (χ3n) is 5.54. The molecule has 1 aromatic carbocycles. The molecule has 0 spiro atoms. The number of piperidine rings is 1. The minimum Gasteiger partial charge on any atom is -0.495 e. The van der Waals surface area contributed by atoms with Crippen LogP contribution in [-0.2, 0) is 10.0 Å². The van der Waals surface area contributed by atoms with Crippen LogP contribution in [0.1, 0.15) is 55.8 Å². The normalized spacial score (nSPS) is 22.3. The van der Waals surface area contributed by atoms with Crippen molar-refractivity contribution in [2.45, 2.75) is 50.3 Å². The van der Waals surface area contributed by atoms with Crippen LogP contribution >= 0.6 is 0 Å². The van der Waals surface area contributed by atoms with E-state index in [1.165, 1.54) is 17.5 Å². The van der Waals surface area contributed by atoms with Crippen LogP contribution in [-0.4, -0.2) is 56.8 Å². The predicted molar refractivity (Wildman–Crippen MR) is 105 cm³/mol. The summed E-state index contributed by atoms with van der Waals surface area (Å²) in [7, 11) is -2.23. The first-order chi connectivity index (χ1) is 12.9. The number of likely N-dealkylation sites (tertiary alicyclic amines) is 1.